The quantitative estimate of drug-likeness (QED) is 0.577. The Hall–Kier alpha value is -1.60. The third kappa shape index (κ3) is 5.96. The Morgan fingerprint density at radius 1 is 1.09 bits per heavy atom. The van der Waals surface area contributed by atoms with Crippen molar-refractivity contribution in [2.45, 2.75) is 44.4 Å². The number of hydrogen-bond acceptors (Lipinski definition) is 5. The maximum atomic E-state index is 13.6. The monoisotopic (exact) mass is 525 g/mol. The minimum atomic E-state index is -0.180. The van der Waals surface area contributed by atoms with E-state index in [1.807, 2.05) is 29.2 Å². The fourth-order valence-electron chi connectivity index (χ4n) is 5.03. The van der Waals surface area contributed by atoms with E-state index in [9.17, 15) is 4.79 Å². The van der Waals surface area contributed by atoms with Crippen LogP contribution in [0.5, 0.6) is 0 Å². The first-order chi connectivity index (χ1) is 15.6. The largest absolute Gasteiger partial charge is 0.353 e. The average Bonchev–Trinajstić information content (AvgIpc) is 3.57. The number of anilines is 1. The summed E-state index contributed by atoms with van der Waals surface area (Å²) in [6.45, 7) is 7.01. The first-order valence-corrected chi connectivity index (χ1v) is 12.3. The van der Waals surface area contributed by atoms with Crippen molar-refractivity contribution in [1.29, 1.82) is 0 Å². The lowest BCUT2D eigenvalue weighted by Gasteiger charge is -2.38. The maximum absolute atomic E-state index is 13.6. The van der Waals surface area contributed by atoms with Gasteiger partial charge >= 0.3 is 0 Å². The molecule has 0 bridgehead atoms. The van der Waals surface area contributed by atoms with Crippen molar-refractivity contribution in [2.24, 2.45) is 5.92 Å². The molecule has 0 unspecified atom stereocenters. The second-order valence-corrected chi connectivity index (χ2v) is 9.95. The molecule has 1 aliphatic heterocycles. The number of nitrogens with zero attached hydrogens (tertiary/aromatic N) is 4. The van der Waals surface area contributed by atoms with Crippen LogP contribution in [-0.2, 0) is 11.2 Å². The van der Waals surface area contributed by atoms with Gasteiger partial charge in [0.25, 0.3) is 0 Å². The average molecular weight is 527 g/mol. The van der Waals surface area contributed by atoms with Crippen LogP contribution in [0.2, 0.25) is 5.02 Å². The molecule has 2 aromatic rings. The second-order valence-electron chi connectivity index (χ2n) is 9.52. The van der Waals surface area contributed by atoms with Gasteiger partial charge in [-0.1, -0.05) is 30.7 Å². The SMILES string of the molecule is C[C@@H]1CCc2ncnc(N3CCN(C(=O)[C@@H](CNCC4CC4)c4ccc(Cl)cc4)CC3)c21.Cl.Cl. The Balaban J connectivity index is 0.00000162. The number of aryl methyl sites for hydroxylation is 1. The zero-order chi connectivity index (χ0) is 22.1. The molecule has 1 aromatic carbocycles. The van der Waals surface area contributed by atoms with Crippen molar-refractivity contribution in [3.63, 3.8) is 0 Å². The first-order valence-electron chi connectivity index (χ1n) is 11.9. The second kappa shape index (κ2) is 11.9. The number of rotatable bonds is 7. The number of nitrogens with one attached hydrogen (secondary N) is 1. The molecule has 1 amide bonds. The van der Waals surface area contributed by atoms with Crippen LogP contribution in [0.15, 0.2) is 30.6 Å². The van der Waals surface area contributed by atoms with Crippen LogP contribution in [0, 0.1) is 5.92 Å². The Morgan fingerprint density at radius 3 is 2.47 bits per heavy atom. The van der Waals surface area contributed by atoms with Gasteiger partial charge in [0.2, 0.25) is 5.91 Å². The van der Waals surface area contributed by atoms with Crippen molar-refractivity contribution in [3.8, 4) is 0 Å². The summed E-state index contributed by atoms with van der Waals surface area (Å²) in [5.41, 5.74) is 3.55. The van der Waals surface area contributed by atoms with E-state index in [1.165, 1.54) is 24.1 Å². The molecular formula is C25H34Cl3N5O. The van der Waals surface area contributed by atoms with Crippen LogP contribution in [0.25, 0.3) is 0 Å². The van der Waals surface area contributed by atoms with Crippen molar-refractivity contribution >= 4 is 48.1 Å². The minimum Gasteiger partial charge on any atom is -0.353 e. The van der Waals surface area contributed by atoms with Gasteiger partial charge in [-0.2, -0.15) is 0 Å². The Morgan fingerprint density at radius 2 is 1.79 bits per heavy atom. The van der Waals surface area contributed by atoms with Crippen molar-refractivity contribution < 1.29 is 4.79 Å². The summed E-state index contributed by atoms with van der Waals surface area (Å²) in [6, 6.07) is 7.75. The van der Waals surface area contributed by atoms with Gasteiger partial charge in [0.05, 0.1) is 5.92 Å². The van der Waals surface area contributed by atoms with E-state index >= 15 is 0 Å². The van der Waals surface area contributed by atoms with Gasteiger partial charge in [-0.15, -0.1) is 24.8 Å². The third-order valence-corrected chi connectivity index (χ3v) is 7.44. The van der Waals surface area contributed by atoms with Crippen molar-refractivity contribution in [2.75, 3.05) is 44.2 Å². The summed E-state index contributed by atoms with van der Waals surface area (Å²) in [7, 11) is 0. The molecule has 2 atom stereocenters. The van der Waals surface area contributed by atoms with E-state index in [0.29, 0.717) is 17.5 Å². The maximum Gasteiger partial charge on any atom is 0.231 e. The third-order valence-electron chi connectivity index (χ3n) is 7.19. The molecular weight excluding hydrogens is 493 g/mol. The Bertz CT molecular complexity index is 962. The highest BCUT2D eigenvalue weighted by molar-refractivity contribution is 6.30. The first kappa shape index (κ1) is 27.0. The van der Waals surface area contributed by atoms with Crippen LogP contribution >= 0.6 is 36.4 Å². The smallest absolute Gasteiger partial charge is 0.231 e. The van der Waals surface area contributed by atoms with Gasteiger partial charge in [0, 0.05) is 49.0 Å². The zero-order valence-electron chi connectivity index (χ0n) is 19.6. The molecule has 1 saturated heterocycles. The van der Waals surface area contributed by atoms with Gasteiger partial charge in [-0.05, 0) is 61.8 Å². The van der Waals surface area contributed by atoms with Gasteiger partial charge < -0.3 is 15.1 Å². The van der Waals surface area contributed by atoms with Crippen LogP contribution in [-0.4, -0.2) is 60.0 Å². The predicted molar refractivity (Wildman–Crippen MR) is 142 cm³/mol. The van der Waals surface area contributed by atoms with Crippen LogP contribution in [0.4, 0.5) is 5.82 Å². The molecule has 2 heterocycles. The van der Waals surface area contributed by atoms with E-state index in [2.05, 4.69) is 27.1 Å². The van der Waals surface area contributed by atoms with Gasteiger partial charge in [-0.25, -0.2) is 9.97 Å². The molecule has 2 fully saturated rings. The summed E-state index contributed by atoms with van der Waals surface area (Å²) in [5, 5.41) is 4.24. The predicted octanol–water partition coefficient (Wildman–Crippen LogP) is 4.46. The lowest BCUT2D eigenvalue weighted by atomic mass is 9.97. The highest BCUT2D eigenvalue weighted by atomic mass is 35.5. The lowest BCUT2D eigenvalue weighted by molar-refractivity contribution is -0.133. The summed E-state index contributed by atoms with van der Waals surface area (Å²) in [4.78, 5) is 27.1. The van der Waals surface area contributed by atoms with E-state index in [1.54, 1.807) is 6.33 Å². The van der Waals surface area contributed by atoms with E-state index < -0.39 is 0 Å². The number of aromatic nitrogens is 2. The fraction of sp³-hybridized carbons (Fsp3) is 0.560. The minimum absolute atomic E-state index is 0. The molecule has 6 nitrogen and oxygen atoms in total. The fourth-order valence-corrected chi connectivity index (χ4v) is 5.16. The Labute approximate surface area is 219 Å². The number of hydrogen-bond donors (Lipinski definition) is 1. The highest BCUT2D eigenvalue weighted by Crippen LogP contribution is 2.37. The molecule has 1 aromatic heterocycles. The molecule has 9 heteroatoms. The van der Waals surface area contributed by atoms with E-state index in [-0.39, 0.29) is 36.6 Å². The molecule has 34 heavy (non-hydrogen) atoms. The number of piperazine rings is 1. The number of carbonyl (C=O) groups is 1. The molecule has 3 aliphatic rings. The lowest BCUT2D eigenvalue weighted by Crippen LogP contribution is -2.51. The van der Waals surface area contributed by atoms with Gasteiger partial charge in [0.1, 0.15) is 12.1 Å². The molecule has 5 rings (SSSR count). The highest BCUT2D eigenvalue weighted by Gasteiger charge is 2.32. The van der Waals surface area contributed by atoms with Gasteiger partial charge in [-0.3, -0.25) is 4.79 Å². The van der Waals surface area contributed by atoms with Crippen LogP contribution in [0.1, 0.15) is 54.8 Å². The van der Waals surface area contributed by atoms with Crippen LogP contribution < -0.4 is 10.2 Å². The summed E-state index contributed by atoms with van der Waals surface area (Å²) >= 11 is 6.10. The number of fused-ring (bicyclic) bond motifs is 1. The van der Waals surface area contributed by atoms with Crippen LogP contribution in [0.3, 0.4) is 0 Å². The number of halogens is 3. The Kier molecular flexibility index (Phi) is 9.44. The summed E-state index contributed by atoms with van der Waals surface area (Å²) < 4.78 is 0. The molecule has 2 aliphatic carbocycles. The van der Waals surface area contributed by atoms with E-state index in [0.717, 1.165) is 62.9 Å². The zero-order valence-corrected chi connectivity index (χ0v) is 22.0. The summed E-state index contributed by atoms with van der Waals surface area (Å²) in [6.07, 6.45) is 6.50. The molecule has 0 spiro atoms. The topological polar surface area (TPSA) is 61.4 Å². The standard InChI is InChI=1S/C25H32ClN5O.2ClH/c1-17-2-9-22-23(17)24(29-16-28-22)30-10-12-31(13-11-30)25(32)21(15-27-14-18-3-4-18)19-5-7-20(26)8-6-19;;/h5-8,16-18,21,27H,2-4,9-15H2,1H3;2*1H/t17-,21+;;/m1../s1. The van der Waals surface area contributed by atoms with Gasteiger partial charge in [0.15, 0.2) is 0 Å². The molecule has 1 N–H and O–H groups in total. The van der Waals surface area contributed by atoms with Crippen molar-refractivity contribution in [1.82, 2.24) is 20.2 Å². The summed E-state index contributed by atoms with van der Waals surface area (Å²) in [5.74, 6) is 2.40. The number of carbonyl (C=O) groups excluding carboxylic acids is 1. The molecule has 1 saturated carbocycles. The van der Waals surface area contributed by atoms with Crippen molar-refractivity contribution in [3.05, 3.63) is 52.4 Å². The van der Waals surface area contributed by atoms with E-state index in [4.69, 9.17) is 11.6 Å². The normalized spacial score (nSPS) is 20.2. The number of benzene rings is 1. The number of amides is 1. The molecule has 0 radical (unpaired) electrons. The molecule has 186 valence electrons.